The van der Waals surface area contributed by atoms with Gasteiger partial charge in [0.15, 0.2) is 5.22 Å². The van der Waals surface area contributed by atoms with Gasteiger partial charge in [-0.15, -0.1) is 0 Å². The predicted molar refractivity (Wildman–Crippen MR) is 72.2 cm³/mol. The molecule has 96 valence electrons. The molecule has 0 spiro atoms. The molecule has 0 amide bonds. The van der Waals surface area contributed by atoms with Crippen molar-refractivity contribution < 1.29 is 9.15 Å². The Hall–Kier alpha value is -1.45. The van der Waals surface area contributed by atoms with Crippen molar-refractivity contribution in [1.29, 1.82) is 0 Å². The lowest BCUT2D eigenvalue weighted by atomic mass is 9.97. The van der Waals surface area contributed by atoms with Gasteiger partial charge in [-0.25, -0.2) is 0 Å². The van der Waals surface area contributed by atoms with E-state index >= 15 is 0 Å². The fourth-order valence-electron chi connectivity index (χ4n) is 2.14. The summed E-state index contributed by atoms with van der Waals surface area (Å²) in [4.78, 5) is 0. The highest BCUT2D eigenvalue weighted by Gasteiger charge is 2.20. The second kappa shape index (κ2) is 5.04. The molecule has 2 N–H and O–H groups in total. The fourth-order valence-corrected chi connectivity index (χ4v) is 2.30. The molecule has 1 heterocycles. The molecule has 18 heavy (non-hydrogen) atoms. The number of aryl methyl sites for hydroxylation is 2. The first-order valence-electron chi connectivity index (χ1n) is 5.69. The maximum atomic E-state index is 6.22. The third-order valence-corrected chi connectivity index (χ3v) is 3.13. The Morgan fingerprint density at radius 3 is 2.56 bits per heavy atom. The van der Waals surface area contributed by atoms with Crippen LogP contribution in [0.1, 0.15) is 28.5 Å². The Labute approximate surface area is 111 Å². The first-order chi connectivity index (χ1) is 8.52. The first kappa shape index (κ1) is 13.0. The molecule has 1 atom stereocenters. The molecular formula is C14H16ClNO2. The van der Waals surface area contributed by atoms with Gasteiger partial charge in [0.2, 0.25) is 0 Å². The number of rotatable bonds is 3. The molecule has 0 aliphatic carbocycles. The van der Waals surface area contributed by atoms with Crippen LogP contribution in [-0.2, 0) is 0 Å². The van der Waals surface area contributed by atoms with Crippen molar-refractivity contribution in [2.24, 2.45) is 5.73 Å². The number of benzene rings is 1. The lowest BCUT2D eigenvalue weighted by molar-refractivity contribution is 0.402. The van der Waals surface area contributed by atoms with Crippen molar-refractivity contribution in [3.63, 3.8) is 0 Å². The van der Waals surface area contributed by atoms with E-state index in [-0.39, 0.29) is 6.04 Å². The smallest absolute Gasteiger partial charge is 0.193 e. The summed E-state index contributed by atoms with van der Waals surface area (Å²) < 4.78 is 10.8. The van der Waals surface area contributed by atoms with Crippen LogP contribution < -0.4 is 10.5 Å². The zero-order chi connectivity index (χ0) is 13.3. The number of furan rings is 1. The minimum atomic E-state index is -0.381. The van der Waals surface area contributed by atoms with E-state index in [0.29, 0.717) is 11.0 Å². The van der Waals surface area contributed by atoms with E-state index in [0.717, 1.165) is 22.4 Å². The van der Waals surface area contributed by atoms with Crippen LogP contribution in [-0.4, -0.2) is 7.11 Å². The van der Waals surface area contributed by atoms with E-state index < -0.39 is 0 Å². The molecule has 2 rings (SSSR count). The van der Waals surface area contributed by atoms with Crippen LogP contribution in [0.15, 0.2) is 28.7 Å². The average molecular weight is 266 g/mol. The van der Waals surface area contributed by atoms with Crippen molar-refractivity contribution in [1.82, 2.24) is 0 Å². The number of hydrogen-bond acceptors (Lipinski definition) is 3. The van der Waals surface area contributed by atoms with Crippen molar-refractivity contribution in [3.05, 3.63) is 51.9 Å². The summed E-state index contributed by atoms with van der Waals surface area (Å²) >= 11 is 5.78. The van der Waals surface area contributed by atoms with E-state index in [1.807, 2.05) is 19.9 Å². The molecule has 0 saturated carbocycles. The van der Waals surface area contributed by atoms with Gasteiger partial charge in [-0.3, -0.25) is 0 Å². The highest BCUT2D eigenvalue weighted by molar-refractivity contribution is 6.28. The normalized spacial score (nSPS) is 12.5. The zero-order valence-electron chi connectivity index (χ0n) is 10.7. The third kappa shape index (κ3) is 2.37. The second-order valence-electron chi connectivity index (χ2n) is 4.32. The SMILES string of the molecule is COc1cc(C)cc(C)c1C(N)c1ccc(Cl)o1. The van der Waals surface area contributed by atoms with Gasteiger partial charge >= 0.3 is 0 Å². The fraction of sp³-hybridized carbons (Fsp3) is 0.286. The Balaban J connectivity index is 2.50. The average Bonchev–Trinajstić information content (AvgIpc) is 2.74. The molecule has 0 saturated heterocycles. The lowest BCUT2D eigenvalue weighted by Crippen LogP contribution is -2.14. The van der Waals surface area contributed by atoms with Crippen LogP contribution in [0.2, 0.25) is 5.22 Å². The van der Waals surface area contributed by atoms with E-state index in [1.165, 1.54) is 0 Å². The molecule has 1 aromatic carbocycles. The molecule has 4 heteroatoms. The molecule has 0 aliphatic heterocycles. The highest BCUT2D eigenvalue weighted by Crippen LogP contribution is 2.33. The van der Waals surface area contributed by atoms with E-state index in [9.17, 15) is 0 Å². The molecule has 0 radical (unpaired) electrons. The monoisotopic (exact) mass is 265 g/mol. The Morgan fingerprint density at radius 2 is 2.00 bits per heavy atom. The van der Waals surface area contributed by atoms with Crippen LogP contribution >= 0.6 is 11.6 Å². The Morgan fingerprint density at radius 1 is 1.28 bits per heavy atom. The number of hydrogen-bond donors (Lipinski definition) is 1. The number of methoxy groups -OCH3 is 1. The summed E-state index contributed by atoms with van der Waals surface area (Å²) in [6.45, 7) is 4.03. The summed E-state index contributed by atoms with van der Waals surface area (Å²) in [6.07, 6.45) is 0. The van der Waals surface area contributed by atoms with Gasteiger partial charge in [0.05, 0.1) is 13.2 Å². The molecule has 1 aromatic heterocycles. The number of ether oxygens (including phenoxy) is 1. The van der Waals surface area contributed by atoms with Gasteiger partial charge in [-0.2, -0.15) is 0 Å². The highest BCUT2D eigenvalue weighted by atomic mass is 35.5. The van der Waals surface area contributed by atoms with E-state index in [2.05, 4.69) is 6.07 Å². The zero-order valence-corrected chi connectivity index (χ0v) is 11.4. The van der Waals surface area contributed by atoms with Gasteiger partial charge in [-0.05, 0) is 54.8 Å². The summed E-state index contributed by atoms with van der Waals surface area (Å²) in [5, 5.41) is 0.337. The molecular weight excluding hydrogens is 250 g/mol. The van der Waals surface area contributed by atoms with Gasteiger partial charge < -0.3 is 14.9 Å². The number of halogens is 1. The molecule has 2 aromatic rings. The van der Waals surface area contributed by atoms with Crippen molar-refractivity contribution in [3.8, 4) is 5.75 Å². The van der Waals surface area contributed by atoms with E-state index in [1.54, 1.807) is 19.2 Å². The van der Waals surface area contributed by atoms with Crippen molar-refractivity contribution >= 4 is 11.6 Å². The Bertz CT molecular complexity index is 563. The summed E-state index contributed by atoms with van der Waals surface area (Å²) in [7, 11) is 1.64. The maximum absolute atomic E-state index is 6.22. The van der Waals surface area contributed by atoms with Crippen LogP contribution in [0.25, 0.3) is 0 Å². The molecule has 3 nitrogen and oxygen atoms in total. The van der Waals surface area contributed by atoms with E-state index in [4.69, 9.17) is 26.5 Å². The molecule has 0 fully saturated rings. The summed E-state index contributed by atoms with van der Waals surface area (Å²) in [5.41, 5.74) is 9.36. The van der Waals surface area contributed by atoms with Gasteiger partial charge in [0, 0.05) is 5.56 Å². The van der Waals surface area contributed by atoms with Crippen molar-refractivity contribution in [2.45, 2.75) is 19.9 Å². The van der Waals surface area contributed by atoms with Crippen molar-refractivity contribution in [2.75, 3.05) is 7.11 Å². The minimum absolute atomic E-state index is 0.337. The largest absolute Gasteiger partial charge is 0.496 e. The van der Waals surface area contributed by atoms with Crippen LogP contribution in [0.4, 0.5) is 0 Å². The van der Waals surface area contributed by atoms with Crippen LogP contribution in [0.5, 0.6) is 5.75 Å². The molecule has 1 unspecified atom stereocenters. The van der Waals surface area contributed by atoms with Gasteiger partial charge in [0.1, 0.15) is 11.5 Å². The van der Waals surface area contributed by atoms with Crippen LogP contribution in [0.3, 0.4) is 0 Å². The summed E-state index contributed by atoms with van der Waals surface area (Å²) in [6, 6.07) is 7.13. The topological polar surface area (TPSA) is 48.4 Å². The predicted octanol–water partition coefficient (Wildman–Crippen LogP) is 3.61. The quantitative estimate of drug-likeness (QED) is 0.922. The molecule has 0 aliphatic rings. The van der Waals surface area contributed by atoms with Gasteiger partial charge in [-0.1, -0.05) is 6.07 Å². The second-order valence-corrected chi connectivity index (χ2v) is 4.69. The number of nitrogens with two attached hydrogens (primary N) is 1. The first-order valence-corrected chi connectivity index (χ1v) is 6.06. The maximum Gasteiger partial charge on any atom is 0.193 e. The summed E-state index contributed by atoms with van der Waals surface area (Å²) in [5.74, 6) is 1.40. The third-order valence-electron chi connectivity index (χ3n) is 2.92. The minimum Gasteiger partial charge on any atom is -0.496 e. The lowest BCUT2D eigenvalue weighted by Gasteiger charge is -2.17. The Kier molecular flexibility index (Phi) is 3.64. The standard InChI is InChI=1S/C14H16ClNO2/c1-8-6-9(2)13(11(7-8)17-3)14(16)10-4-5-12(15)18-10/h4-7,14H,16H2,1-3H3. The van der Waals surface area contributed by atoms with Gasteiger partial charge in [0.25, 0.3) is 0 Å². The van der Waals surface area contributed by atoms with Crippen LogP contribution in [0, 0.1) is 13.8 Å². The molecule has 0 bridgehead atoms.